The zero-order valence-electron chi connectivity index (χ0n) is 10.0. The van der Waals surface area contributed by atoms with Crippen molar-refractivity contribution in [1.29, 1.82) is 0 Å². The maximum Gasteiger partial charge on any atom is 0.325 e. The molecular weight excluding hydrogens is 228 g/mol. The summed E-state index contributed by atoms with van der Waals surface area (Å²) in [6, 6.07) is 9.83. The van der Waals surface area contributed by atoms with Crippen LogP contribution >= 0.6 is 0 Å². The van der Waals surface area contributed by atoms with Gasteiger partial charge in [-0.25, -0.2) is 4.79 Å². The summed E-state index contributed by atoms with van der Waals surface area (Å²) in [5, 5.41) is 0. The molecule has 0 radical (unpaired) electrons. The number of nitrogens with zero attached hydrogens (tertiary/aromatic N) is 2. The second-order valence-corrected chi connectivity index (χ2v) is 4.56. The number of carbonyl (C=O) groups is 2. The van der Waals surface area contributed by atoms with E-state index in [1.165, 1.54) is 0 Å². The SMILES string of the molecule is O=C1CCN2C(=O)N(Cc3ccccc3)CC=C12. The molecule has 0 saturated carbocycles. The van der Waals surface area contributed by atoms with Gasteiger partial charge in [0, 0.05) is 26.1 Å². The molecular formula is C14H14N2O2. The van der Waals surface area contributed by atoms with Crippen molar-refractivity contribution in [1.82, 2.24) is 9.80 Å². The van der Waals surface area contributed by atoms with Gasteiger partial charge in [-0.1, -0.05) is 30.3 Å². The Hall–Kier alpha value is -2.10. The number of hydrogen-bond donors (Lipinski definition) is 0. The summed E-state index contributed by atoms with van der Waals surface area (Å²) in [6.07, 6.45) is 2.32. The van der Waals surface area contributed by atoms with E-state index in [2.05, 4.69) is 0 Å². The highest BCUT2D eigenvalue weighted by Crippen LogP contribution is 2.24. The van der Waals surface area contributed by atoms with Crippen molar-refractivity contribution in [3.05, 3.63) is 47.7 Å². The highest BCUT2D eigenvalue weighted by Gasteiger charge is 2.35. The first kappa shape index (κ1) is 11.0. The molecule has 2 aliphatic rings. The van der Waals surface area contributed by atoms with Crippen LogP contribution in [0.25, 0.3) is 0 Å². The van der Waals surface area contributed by atoms with Gasteiger partial charge in [0.15, 0.2) is 5.78 Å². The van der Waals surface area contributed by atoms with E-state index in [4.69, 9.17) is 0 Å². The minimum absolute atomic E-state index is 0.0535. The number of carbonyl (C=O) groups excluding carboxylic acids is 2. The van der Waals surface area contributed by atoms with Crippen LogP contribution in [0.2, 0.25) is 0 Å². The molecule has 1 aromatic rings. The molecule has 2 heterocycles. The minimum atomic E-state index is -0.0535. The van der Waals surface area contributed by atoms with Crippen molar-refractivity contribution < 1.29 is 9.59 Å². The predicted molar refractivity (Wildman–Crippen MR) is 66.7 cm³/mol. The van der Waals surface area contributed by atoms with Crippen LogP contribution in [-0.2, 0) is 11.3 Å². The number of urea groups is 1. The molecule has 0 unspecified atom stereocenters. The highest BCUT2D eigenvalue weighted by molar-refractivity contribution is 6.02. The molecule has 4 heteroatoms. The number of amides is 2. The van der Waals surface area contributed by atoms with Crippen molar-refractivity contribution in [2.45, 2.75) is 13.0 Å². The van der Waals surface area contributed by atoms with Gasteiger partial charge < -0.3 is 4.90 Å². The maximum absolute atomic E-state index is 12.2. The molecule has 0 N–H and O–H groups in total. The molecule has 0 aromatic heterocycles. The largest absolute Gasteiger partial charge is 0.325 e. The second-order valence-electron chi connectivity index (χ2n) is 4.56. The van der Waals surface area contributed by atoms with Crippen molar-refractivity contribution >= 4 is 11.8 Å². The molecule has 2 aliphatic heterocycles. The van der Waals surface area contributed by atoms with E-state index in [-0.39, 0.29) is 11.8 Å². The summed E-state index contributed by atoms with van der Waals surface area (Å²) in [7, 11) is 0. The number of hydrogen-bond acceptors (Lipinski definition) is 2. The Morgan fingerprint density at radius 1 is 1.11 bits per heavy atom. The predicted octanol–water partition coefficient (Wildman–Crippen LogP) is 1.78. The number of rotatable bonds is 2. The molecule has 3 rings (SSSR count). The smallest absolute Gasteiger partial charge is 0.316 e. The summed E-state index contributed by atoms with van der Waals surface area (Å²) in [4.78, 5) is 27.1. The number of ketones is 1. The lowest BCUT2D eigenvalue weighted by atomic mass is 10.2. The van der Waals surface area contributed by atoms with Crippen LogP contribution in [0.4, 0.5) is 4.79 Å². The average Bonchev–Trinajstić information content (AvgIpc) is 2.77. The van der Waals surface area contributed by atoms with Crippen molar-refractivity contribution in [3.8, 4) is 0 Å². The lowest BCUT2D eigenvalue weighted by Gasteiger charge is -2.31. The third-order valence-electron chi connectivity index (χ3n) is 3.36. The number of benzene rings is 1. The van der Waals surface area contributed by atoms with E-state index in [9.17, 15) is 9.59 Å². The van der Waals surface area contributed by atoms with Crippen molar-refractivity contribution in [2.24, 2.45) is 0 Å². The van der Waals surface area contributed by atoms with Crippen LogP contribution < -0.4 is 0 Å². The van der Waals surface area contributed by atoms with Gasteiger partial charge in [-0.2, -0.15) is 0 Å². The Labute approximate surface area is 105 Å². The summed E-state index contributed by atoms with van der Waals surface area (Å²) < 4.78 is 0. The molecule has 1 aromatic carbocycles. The molecule has 1 fully saturated rings. The van der Waals surface area contributed by atoms with Crippen LogP contribution in [0.1, 0.15) is 12.0 Å². The fourth-order valence-corrected chi connectivity index (χ4v) is 2.42. The Bertz CT molecular complexity index is 522. The Kier molecular flexibility index (Phi) is 2.63. The van der Waals surface area contributed by atoms with Gasteiger partial charge in [-0.3, -0.25) is 9.69 Å². The van der Waals surface area contributed by atoms with Gasteiger partial charge >= 0.3 is 6.03 Å². The van der Waals surface area contributed by atoms with E-state index >= 15 is 0 Å². The number of allylic oxidation sites excluding steroid dienone is 1. The van der Waals surface area contributed by atoms with E-state index < -0.39 is 0 Å². The van der Waals surface area contributed by atoms with E-state index in [1.54, 1.807) is 9.80 Å². The van der Waals surface area contributed by atoms with Gasteiger partial charge in [0.05, 0.1) is 5.70 Å². The lowest BCUT2D eigenvalue weighted by molar-refractivity contribution is -0.114. The fourth-order valence-electron chi connectivity index (χ4n) is 2.42. The summed E-state index contributed by atoms with van der Waals surface area (Å²) in [6.45, 7) is 1.63. The van der Waals surface area contributed by atoms with Gasteiger partial charge in [0.1, 0.15) is 0 Å². The normalized spacial score (nSPS) is 19.0. The maximum atomic E-state index is 12.2. The van der Waals surface area contributed by atoms with E-state index in [0.717, 1.165) is 5.56 Å². The van der Waals surface area contributed by atoms with Crippen LogP contribution in [0.5, 0.6) is 0 Å². The zero-order valence-corrected chi connectivity index (χ0v) is 10.0. The van der Waals surface area contributed by atoms with Gasteiger partial charge in [0.25, 0.3) is 0 Å². The molecule has 1 saturated heterocycles. The molecule has 2 amide bonds. The van der Waals surface area contributed by atoms with Crippen molar-refractivity contribution in [3.63, 3.8) is 0 Å². The summed E-state index contributed by atoms with van der Waals surface area (Å²) >= 11 is 0. The quantitative estimate of drug-likeness (QED) is 0.793. The third kappa shape index (κ3) is 1.79. The van der Waals surface area contributed by atoms with E-state index in [0.29, 0.717) is 31.8 Å². The molecule has 0 spiro atoms. The van der Waals surface area contributed by atoms with Gasteiger partial charge in [0.2, 0.25) is 0 Å². The highest BCUT2D eigenvalue weighted by atomic mass is 16.2. The average molecular weight is 242 g/mol. The zero-order chi connectivity index (χ0) is 12.5. The Morgan fingerprint density at radius 2 is 1.89 bits per heavy atom. The molecule has 0 bridgehead atoms. The minimum Gasteiger partial charge on any atom is -0.316 e. The fraction of sp³-hybridized carbons (Fsp3) is 0.286. The monoisotopic (exact) mass is 242 g/mol. The topological polar surface area (TPSA) is 40.6 Å². The second kappa shape index (κ2) is 4.29. The number of Topliss-reactive ketones (excluding diaryl/α,β-unsaturated/α-hetero) is 1. The molecule has 0 atom stereocenters. The third-order valence-corrected chi connectivity index (χ3v) is 3.36. The van der Waals surface area contributed by atoms with Crippen LogP contribution in [0, 0.1) is 0 Å². The standard InChI is InChI=1S/C14H14N2O2/c17-13-7-9-16-12(13)6-8-15(14(16)18)10-11-4-2-1-3-5-11/h1-6H,7-10H2. The van der Waals surface area contributed by atoms with Crippen LogP contribution in [0.3, 0.4) is 0 Å². The molecule has 0 aliphatic carbocycles. The summed E-state index contributed by atoms with van der Waals surface area (Å²) in [5.74, 6) is 0.0858. The first-order chi connectivity index (χ1) is 8.75. The van der Waals surface area contributed by atoms with Gasteiger partial charge in [-0.15, -0.1) is 0 Å². The van der Waals surface area contributed by atoms with Crippen LogP contribution in [-0.4, -0.2) is 34.7 Å². The number of fused-ring (bicyclic) bond motifs is 1. The summed E-state index contributed by atoms with van der Waals surface area (Å²) in [5.41, 5.74) is 1.69. The first-order valence-corrected chi connectivity index (χ1v) is 6.09. The molecule has 4 nitrogen and oxygen atoms in total. The van der Waals surface area contributed by atoms with Gasteiger partial charge in [-0.05, 0) is 11.6 Å². The molecule has 92 valence electrons. The van der Waals surface area contributed by atoms with Crippen LogP contribution in [0.15, 0.2) is 42.1 Å². The Morgan fingerprint density at radius 3 is 2.67 bits per heavy atom. The first-order valence-electron chi connectivity index (χ1n) is 6.09. The van der Waals surface area contributed by atoms with E-state index in [1.807, 2.05) is 36.4 Å². The van der Waals surface area contributed by atoms with Crippen molar-refractivity contribution in [2.75, 3.05) is 13.1 Å². The lowest BCUT2D eigenvalue weighted by Crippen LogP contribution is -2.44. The molecule has 18 heavy (non-hydrogen) atoms. The Balaban J connectivity index is 1.79.